The number of rotatable bonds is 7. The van der Waals surface area contributed by atoms with E-state index >= 15 is 0 Å². The highest BCUT2D eigenvalue weighted by molar-refractivity contribution is 6.51. The molecule has 3 aromatic carbocycles. The van der Waals surface area contributed by atoms with E-state index in [0.717, 1.165) is 0 Å². The fourth-order valence-electron chi connectivity index (χ4n) is 2.62. The number of hydrogen-bond donors (Lipinski definition) is 1. The van der Waals surface area contributed by atoms with Crippen molar-refractivity contribution >= 4 is 17.7 Å². The number of Topliss-reactive ketones (excluding diaryl/α,β-unsaturated/α-hetero) is 1. The summed E-state index contributed by atoms with van der Waals surface area (Å²) in [6.07, 6.45) is 1.40. The molecular weight excluding hydrogens is 352 g/mol. The molecule has 140 valence electrons. The molecule has 0 atom stereocenters. The molecule has 0 unspecified atom stereocenters. The maximum atomic E-state index is 12.9. The first-order valence-corrected chi connectivity index (χ1v) is 8.91. The van der Waals surface area contributed by atoms with Crippen molar-refractivity contribution in [2.24, 2.45) is 10.2 Å². The first-order chi connectivity index (χ1) is 13.7. The van der Waals surface area contributed by atoms with Gasteiger partial charge in [0.05, 0.1) is 12.8 Å². The summed E-state index contributed by atoms with van der Waals surface area (Å²) in [6, 6.07) is 23.2. The third kappa shape index (κ3) is 4.51. The number of ketones is 1. The average molecular weight is 372 g/mol. The highest BCUT2D eigenvalue weighted by Gasteiger charge is 2.16. The van der Waals surface area contributed by atoms with Crippen LogP contribution in [-0.4, -0.2) is 29.4 Å². The van der Waals surface area contributed by atoms with Crippen molar-refractivity contribution in [1.82, 2.24) is 0 Å². The molecule has 0 bridgehead atoms. The van der Waals surface area contributed by atoms with Crippen molar-refractivity contribution in [3.05, 3.63) is 95.6 Å². The van der Waals surface area contributed by atoms with E-state index in [2.05, 4.69) is 10.2 Å². The summed E-state index contributed by atoms with van der Waals surface area (Å²) in [5, 5.41) is 18.5. The van der Waals surface area contributed by atoms with Crippen LogP contribution in [0.1, 0.15) is 28.4 Å². The van der Waals surface area contributed by atoms with Gasteiger partial charge in [-0.3, -0.25) is 4.79 Å². The molecule has 1 N–H and O–H groups in total. The number of phenolic OH excluding ortho intramolecular Hbond substituents is 1. The van der Waals surface area contributed by atoms with Crippen LogP contribution in [0, 0.1) is 0 Å². The first-order valence-electron chi connectivity index (χ1n) is 8.91. The number of benzene rings is 3. The molecule has 0 saturated heterocycles. The summed E-state index contributed by atoms with van der Waals surface area (Å²) >= 11 is 0. The minimum atomic E-state index is -0.226. The van der Waals surface area contributed by atoms with Crippen molar-refractivity contribution < 1.29 is 14.6 Å². The Hall–Kier alpha value is -3.73. The molecule has 28 heavy (non-hydrogen) atoms. The van der Waals surface area contributed by atoms with E-state index in [9.17, 15) is 9.90 Å². The van der Waals surface area contributed by atoms with Crippen molar-refractivity contribution in [3.63, 3.8) is 0 Å². The fourth-order valence-corrected chi connectivity index (χ4v) is 2.62. The molecule has 0 heterocycles. The lowest BCUT2D eigenvalue weighted by molar-refractivity contribution is 0.106. The van der Waals surface area contributed by atoms with Crippen LogP contribution < -0.4 is 4.74 Å². The van der Waals surface area contributed by atoms with Crippen LogP contribution in [0.25, 0.3) is 0 Å². The Morgan fingerprint density at radius 1 is 0.929 bits per heavy atom. The lowest BCUT2D eigenvalue weighted by Crippen LogP contribution is -2.15. The van der Waals surface area contributed by atoms with Gasteiger partial charge in [0.25, 0.3) is 0 Å². The van der Waals surface area contributed by atoms with E-state index in [-0.39, 0.29) is 17.2 Å². The van der Waals surface area contributed by atoms with Crippen molar-refractivity contribution in [1.29, 1.82) is 0 Å². The third-order valence-electron chi connectivity index (χ3n) is 3.98. The molecule has 0 aliphatic heterocycles. The van der Waals surface area contributed by atoms with Crippen LogP contribution >= 0.6 is 0 Å². The molecule has 0 fully saturated rings. The van der Waals surface area contributed by atoms with Crippen LogP contribution in [0.5, 0.6) is 11.5 Å². The number of nitrogens with zero attached hydrogens (tertiary/aromatic N) is 2. The van der Waals surface area contributed by atoms with E-state index in [1.165, 1.54) is 6.21 Å². The Bertz CT molecular complexity index is 997. The molecular formula is C23H20N2O3. The van der Waals surface area contributed by atoms with Gasteiger partial charge in [-0.15, -0.1) is 5.10 Å². The van der Waals surface area contributed by atoms with Crippen LogP contribution in [0.4, 0.5) is 0 Å². The number of hydrogen-bond acceptors (Lipinski definition) is 5. The standard InChI is InChI=1S/C23H20N2O3/c1-2-28-20-15-9-14-19(22(20)26)16-24-25-21(17-10-5-3-6-11-17)23(27)18-12-7-4-8-13-18/h3-16,26H,2H2,1H3/b24-16+,25-21?. The molecule has 0 saturated carbocycles. The molecule has 0 aliphatic carbocycles. The van der Waals surface area contributed by atoms with E-state index in [0.29, 0.717) is 29.0 Å². The predicted octanol–water partition coefficient (Wildman–Crippen LogP) is 4.50. The Morgan fingerprint density at radius 3 is 2.21 bits per heavy atom. The SMILES string of the molecule is CCOc1cccc(/C=N/N=C(C(=O)c2ccccc2)c2ccccc2)c1O. The largest absolute Gasteiger partial charge is 0.504 e. The summed E-state index contributed by atoms with van der Waals surface area (Å²) < 4.78 is 5.37. The quantitative estimate of drug-likeness (QED) is 0.377. The zero-order valence-corrected chi connectivity index (χ0v) is 15.4. The van der Waals surface area contributed by atoms with Gasteiger partial charge >= 0.3 is 0 Å². The van der Waals surface area contributed by atoms with Crippen molar-refractivity contribution in [2.45, 2.75) is 6.92 Å². The minimum Gasteiger partial charge on any atom is -0.504 e. The van der Waals surface area contributed by atoms with Gasteiger partial charge in [0.1, 0.15) is 5.71 Å². The van der Waals surface area contributed by atoms with Crippen LogP contribution in [0.3, 0.4) is 0 Å². The predicted molar refractivity (Wildman–Crippen MR) is 111 cm³/mol. The van der Waals surface area contributed by atoms with Gasteiger partial charge in [-0.1, -0.05) is 66.7 Å². The number of aromatic hydroxyl groups is 1. The second kappa shape index (κ2) is 9.28. The minimum absolute atomic E-state index is 0.0149. The highest BCUT2D eigenvalue weighted by atomic mass is 16.5. The Morgan fingerprint density at radius 2 is 1.57 bits per heavy atom. The normalized spacial score (nSPS) is 11.5. The first kappa shape index (κ1) is 19.0. The molecule has 0 spiro atoms. The Labute approximate surface area is 163 Å². The number of carbonyl (C=O) groups is 1. The monoisotopic (exact) mass is 372 g/mol. The summed E-state index contributed by atoms with van der Waals surface area (Å²) in [7, 11) is 0. The van der Waals surface area contributed by atoms with E-state index in [1.807, 2.05) is 43.3 Å². The van der Waals surface area contributed by atoms with Gasteiger partial charge in [0.2, 0.25) is 5.78 Å². The second-order valence-corrected chi connectivity index (χ2v) is 5.88. The van der Waals surface area contributed by atoms with Gasteiger partial charge in [0, 0.05) is 16.7 Å². The number of ether oxygens (including phenoxy) is 1. The lowest BCUT2D eigenvalue weighted by atomic mass is 10.0. The fraction of sp³-hybridized carbons (Fsp3) is 0.0870. The van der Waals surface area contributed by atoms with E-state index in [1.54, 1.807) is 42.5 Å². The van der Waals surface area contributed by atoms with Gasteiger partial charge in [0.15, 0.2) is 11.5 Å². The summed E-state index contributed by atoms with van der Waals surface area (Å²) in [6.45, 7) is 2.28. The maximum Gasteiger partial charge on any atom is 0.213 e. The zero-order valence-electron chi connectivity index (χ0n) is 15.4. The zero-order chi connectivity index (χ0) is 19.8. The molecule has 0 aromatic heterocycles. The molecule has 3 aromatic rings. The maximum absolute atomic E-state index is 12.9. The third-order valence-corrected chi connectivity index (χ3v) is 3.98. The topological polar surface area (TPSA) is 71.2 Å². The van der Waals surface area contributed by atoms with Crippen LogP contribution in [0.2, 0.25) is 0 Å². The molecule has 0 aliphatic rings. The van der Waals surface area contributed by atoms with Crippen LogP contribution in [-0.2, 0) is 0 Å². The van der Waals surface area contributed by atoms with Gasteiger partial charge in [-0.25, -0.2) is 0 Å². The van der Waals surface area contributed by atoms with Gasteiger partial charge < -0.3 is 9.84 Å². The number of carbonyl (C=O) groups excluding carboxylic acids is 1. The Kier molecular flexibility index (Phi) is 6.31. The van der Waals surface area contributed by atoms with Gasteiger partial charge in [-0.2, -0.15) is 5.10 Å². The number of phenols is 1. The average Bonchev–Trinajstić information content (AvgIpc) is 2.74. The smallest absolute Gasteiger partial charge is 0.213 e. The summed E-state index contributed by atoms with van der Waals surface area (Å²) in [4.78, 5) is 12.9. The Balaban J connectivity index is 1.95. The molecule has 3 rings (SSSR count). The molecule has 5 heteroatoms. The van der Waals surface area contributed by atoms with Crippen molar-refractivity contribution in [2.75, 3.05) is 6.61 Å². The van der Waals surface area contributed by atoms with Crippen LogP contribution in [0.15, 0.2) is 89.1 Å². The highest BCUT2D eigenvalue weighted by Crippen LogP contribution is 2.28. The van der Waals surface area contributed by atoms with Crippen molar-refractivity contribution in [3.8, 4) is 11.5 Å². The summed E-state index contributed by atoms with van der Waals surface area (Å²) in [5.74, 6) is 0.134. The van der Waals surface area contributed by atoms with E-state index < -0.39 is 0 Å². The second-order valence-electron chi connectivity index (χ2n) is 5.88. The van der Waals surface area contributed by atoms with Gasteiger partial charge in [-0.05, 0) is 19.1 Å². The van der Waals surface area contributed by atoms with E-state index in [4.69, 9.17) is 4.74 Å². The molecule has 0 amide bonds. The lowest BCUT2D eigenvalue weighted by Gasteiger charge is -2.07. The molecule has 0 radical (unpaired) electrons. The number of para-hydroxylation sites is 1. The summed E-state index contributed by atoms with van der Waals surface area (Å²) in [5.41, 5.74) is 1.88. The molecule has 5 nitrogen and oxygen atoms in total.